The summed E-state index contributed by atoms with van der Waals surface area (Å²) in [5.74, 6) is 2.36. The minimum absolute atomic E-state index is 0. The number of fused-ring (bicyclic) bond motifs is 1. The Bertz CT molecular complexity index is 1270. The summed E-state index contributed by atoms with van der Waals surface area (Å²) >= 11 is 0. The number of carbonyl (C=O) groups is 1. The highest BCUT2D eigenvalue weighted by molar-refractivity contribution is 5.95. The average molecular weight is 442 g/mol. The predicted octanol–water partition coefficient (Wildman–Crippen LogP) is 5.75. The van der Waals surface area contributed by atoms with Gasteiger partial charge in [-0.15, -0.1) is 0 Å². The Morgan fingerprint density at radius 1 is 1.03 bits per heavy atom. The van der Waals surface area contributed by atoms with E-state index in [0.29, 0.717) is 23.5 Å². The van der Waals surface area contributed by atoms with E-state index in [0.717, 1.165) is 46.4 Å². The van der Waals surface area contributed by atoms with E-state index in [1.807, 2.05) is 55.5 Å². The lowest BCUT2D eigenvalue weighted by Gasteiger charge is -2.17. The number of hydrogen-bond donors (Lipinski definition) is 0. The molecule has 0 N–H and O–H groups in total. The first-order valence-electron chi connectivity index (χ1n) is 10.7. The lowest BCUT2D eigenvalue weighted by Crippen LogP contribution is -2.22. The predicted molar refractivity (Wildman–Crippen MR) is 127 cm³/mol. The minimum Gasteiger partial charge on any atom is -0.496 e. The van der Waals surface area contributed by atoms with Crippen molar-refractivity contribution in [1.29, 1.82) is 5.26 Å². The zero-order valence-corrected chi connectivity index (χ0v) is 18.1. The van der Waals surface area contributed by atoms with Gasteiger partial charge in [-0.1, -0.05) is 31.7 Å². The van der Waals surface area contributed by atoms with Crippen LogP contribution in [0.25, 0.3) is 11.1 Å². The molecule has 1 saturated carbocycles. The van der Waals surface area contributed by atoms with Crippen LogP contribution in [0, 0.1) is 18.3 Å². The first-order chi connectivity index (χ1) is 15.5. The summed E-state index contributed by atoms with van der Waals surface area (Å²) in [6.45, 7) is 2.25. The zero-order chi connectivity index (χ0) is 22.3. The van der Waals surface area contributed by atoms with Crippen LogP contribution in [-0.2, 0) is 16.6 Å². The molecule has 1 heterocycles. The highest BCUT2D eigenvalue weighted by Crippen LogP contribution is 2.51. The van der Waals surface area contributed by atoms with E-state index in [4.69, 9.17) is 14.2 Å². The summed E-state index contributed by atoms with van der Waals surface area (Å²) in [6, 6.07) is 19.5. The van der Waals surface area contributed by atoms with Crippen LogP contribution in [0.2, 0.25) is 0 Å². The molecule has 0 atom stereocenters. The van der Waals surface area contributed by atoms with Gasteiger partial charge in [0.1, 0.15) is 11.5 Å². The van der Waals surface area contributed by atoms with E-state index in [2.05, 4.69) is 6.07 Å². The first kappa shape index (κ1) is 22.4. The van der Waals surface area contributed by atoms with Crippen LogP contribution >= 0.6 is 0 Å². The number of ether oxygens (including phenoxy) is 3. The van der Waals surface area contributed by atoms with Crippen molar-refractivity contribution in [2.24, 2.45) is 0 Å². The van der Waals surface area contributed by atoms with Crippen molar-refractivity contribution in [3.63, 3.8) is 0 Å². The number of Topliss-reactive ketones (excluding diaryl/α,β-unsaturated/α-hetero) is 1. The molecule has 0 amide bonds. The number of ketones is 1. The van der Waals surface area contributed by atoms with E-state index in [-0.39, 0.29) is 20.0 Å². The topological polar surface area (TPSA) is 68.5 Å². The van der Waals surface area contributed by atoms with Crippen molar-refractivity contribution in [2.75, 3.05) is 13.9 Å². The molecule has 1 aliphatic heterocycles. The second-order valence-corrected chi connectivity index (χ2v) is 8.43. The monoisotopic (exact) mass is 441 g/mol. The van der Waals surface area contributed by atoms with Gasteiger partial charge in [0, 0.05) is 12.0 Å². The minimum atomic E-state index is -0.440. The van der Waals surface area contributed by atoms with Gasteiger partial charge >= 0.3 is 0 Å². The molecule has 5 heteroatoms. The first-order valence-corrected chi connectivity index (χ1v) is 10.7. The van der Waals surface area contributed by atoms with Gasteiger partial charge in [0.25, 0.3) is 0 Å². The summed E-state index contributed by atoms with van der Waals surface area (Å²) in [4.78, 5) is 13.4. The van der Waals surface area contributed by atoms with Crippen molar-refractivity contribution < 1.29 is 19.0 Å². The Morgan fingerprint density at radius 3 is 2.55 bits per heavy atom. The van der Waals surface area contributed by atoms with Gasteiger partial charge in [-0.2, -0.15) is 5.26 Å². The number of methoxy groups -OCH3 is 1. The molecule has 3 aromatic carbocycles. The van der Waals surface area contributed by atoms with Crippen molar-refractivity contribution in [2.45, 2.75) is 39.0 Å². The fourth-order valence-electron chi connectivity index (χ4n) is 4.46. The fraction of sp³-hybridized carbons (Fsp3) is 0.286. The normalized spacial score (nSPS) is 14.7. The number of hydrogen-bond acceptors (Lipinski definition) is 5. The molecular formula is C28H27NO4. The molecule has 5 rings (SSSR count). The molecule has 0 saturated heterocycles. The van der Waals surface area contributed by atoms with E-state index in [9.17, 15) is 10.1 Å². The van der Waals surface area contributed by atoms with Gasteiger partial charge in [-0.25, -0.2) is 0 Å². The van der Waals surface area contributed by atoms with Gasteiger partial charge in [-0.05, 0) is 72.4 Å². The average Bonchev–Trinajstić information content (AvgIpc) is 3.50. The van der Waals surface area contributed by atoms with Crippen LogP contribution in [-0.4, -0.2) is 19.7 Å². The van der Waals surface area contributed by atoms with Crippen LogP contribution in [0.5, 0.6) is 17.2 Å². The van der Waals surface area contributed by atoms with Crippen LogP contribution in [0.15, 0.2) is 54.6 Å². The van der Waals surface area contributed by atoms with Crippen LogP contribution in [0.3, 0.4) is 0 Å². The molecule has 33 heavy (non-hydrogen) atoms. The molecule has 0 bridgehead atoms. The van der Waals surface area contributed by atoms with Crippen LogP contribution in [0.4, 0.5) is 0 Å². The molecule has 1 aliphatic carbocycles. The highest BCUT2D eigenvalue weighted by atomic mass is 16.7. The third kappa shape index (κ3) is 3.93. The Kier molecular flexibility index (Phi) is 5.86. The maximum Gasteiger partial charge on any atom is 0.231 e. The second kappa shape index (κ2) is 8.63. The fourth-order valence-corrected chi connectivity index (χ4v) is 4.46. The Hall–Kier alpha value is -3.78. The molecule has 0 unspecified atom stereocenters. The number of rotatable bonds is 6. The highest BCUT2D eigenvalue weighted by Gasteiger charge is 2.50. The summed E-state index contributed by atoms with van der Waals surface area (Å²) in [6.07, 6.45) is 2.05. The summed E-state index contributed by atoms with van der Waals surface area (Å²) in [5, 5.41) is 9.33. The second-order valence-electron chi connectivity index (χ2n) is 8.43. The molecule has 2 aliphatic rings. The largest absolute Gasteiger partial charge is 0.496 e. The molecule has 3 aromatic rings. The van der Waals surface area contributed by atoms with Gasteiger partial charge in [0.2, 0.25) is 6.79 Å². The number of aryl methyl sites for hydroxylation is 1. The molecule has 0 spiro atoms. The SMILES string of the molecule is C.COc1ccc(C#N)cc1-c1cc(CC(=O)C2(c3ccc4c(c3)OCO4)CC2)ccc1C. The number of carbonyl (C=O) groups excluding carboxylic acids is 1. The Labute approximate surface area is 194 Å². The van der Waals surface area contributed by atoms with Gasteiger partial charge in [0.15, 0.2) is 11.5 Å². The van der Waals surface area contributed by atoms with E-state index < -0.39 is 5.41 Å². The van der Waals surface area contributed by atoms with E-state index in [1.54, 1.807) is 13.2 Å². The Morgan fingerprint density at radius 2 is 1.82 bits per heavy atom. The zero-order valence-electron chi connectivity index (χ0n) is 18.1. The van der Waals surface area contributed by atoms with Crippen LogP contribution < -0.4 is 14.2 Å². The summed E-state index contributed by atoms with van der Waals surface area (Å²) in [5.41, 5.74) is 4.97. The van der Waals surface area contributed by atoms with Gasteiger partial charge in [0.05, 0.1) is 24.2 Å². The summed E-state index contributed by atoms with van der Waals surface area (Å²) in [7, 11) is 1.62. The molecule has 168 valence electrons. The number of nitrogens with zero attached hydrogens (tertiary/aromatic N) is 1. The van der Waals surface area contributed by atoms with Crippen molar-refractivity contribution in [3.8, 4) is 34.4 Å². The molecule has 0 radical (unpaired) electrons. The maximum atomic E-state index is 13.4. The van der Waals surface area contributed by atoms with Gasteiger partial charge < -0.3 is 14.2 Å². The van der Waals surface area contributed by atoms with Crippen molar-refractivity contribution in [3.05, 3.63) is 76.9 Å². The Balaban J connectivity index is 0.00000259. The maximum absolute atomic E-state index is 13.4. The molecular weight excluding hydrogens is 414 g/mol. The molecule has 5 nitrogen and oxygen atoms in total. The van der Waals surface area contributed by atoms with Crippen molar-refractivity contribution in [1.82, 2.24) is 0 Å². The van der Waals surface area contributed by atoms with Crippen molar-refractivity contribution >= 4 is 5.78 Å². The molecule has 1 fully saturated rings. The quantitative estimate of drug-likeness (QED) is 0.487. The standard InChI is InChI=1S/C27H23NO4.CH4/c1-17-3-4-18(11-21(17)22-12-19(15-28)5-7-23(22)30-2)13-26(29)27(9-10-27)20-6-8-24-25(14-20)32-16-31-24;/h3-8,11-12,14H,9-10,13,16H2,1-2H3;1H4. The smallest absolute Gasteiger partial charge is 0.231 e. The van der Waals surface area contributed by atoms with E-state index >= 15 is 0 Å². The van der Waals surface area contributed by atoms with Crippen LogP contribution in [0.1, 0.15) is 42.5 Å². The van der Waals surface area contributed by atoms with E-state index in [1.165, 1.54) is 0 Å². The summed E-state index contributed by atoms with van der Waals surface area (Å²) < 4.78 is 16.5. The number of nitriles is 1. The van der Waals surface area contributed by atoms with Gasteiger partial charge in [-0.3, -0.25) is 4.79 Å². The molecule has 0 aromatic heterocycles. The lowest BCUT2D eigenvalue weighted by molar-refractivity contribution is -0.120. The lowest BCUT2D eigenvalue weighted by atomic mass is 9.86. The third-order valence-corrected chi connectivity index (χ3v) is 6.49. The third-order valence-electron chi connectivity index (χ3n) is 6.49. The number of benzene rings is 3.